The van der Waals surface area contributed by atoms with Gasteiger partial charge in [0.15, 0.2) is 0 Å². The highest BCUT2D eigenvalue weighted by atomic mass is 35.5. The number of carbonyl (C=O) groups excluding carboxylic acids is 1. The Kier molecular flexibility index (Phi) is 5.45. The molecule has 10 heteroatoms. The summed E-state index contributed by atoms with van der Waals surface area (Å²) in [6.07, 6.45) is -2.46. The monoisotopic (exact) mass is 360 g/mol. The van der Waals surface area contributed by atoms with Crippen molar-refractivity contribution in [3.63, 3.8) is 0 Å². The number of pyridine rings is 2. The zero-order valence-electron chi connectivity index (χ0n) is 12.1. The van der Waals surface area contributed by atoms with Crippen LogP contribution in [0.25, 0.3) is 0 Å². The molecule has 0 fully saturated rings. The Bertz CT molecular complexity index is 792. The molecule has 128 valence electrons. The maximum Gasteiger partial charge on any atom is 0.417 e. The zero-order valence-corrected chi connectivity index (χ0v) is 12.8. The average molecular weight is 361 g/mol. The molecule has 0 saturated carbocycles. The van der Waals surface area contributed by atoms with Crippen LogP contribution >= 0.6 is 11.6 Å². The van der Waals surface area contributed by atoms with E-state index in [2.05, 4.69) is 20.6 Å². The molecule has 0 radical (unpaired) electrons. The molecular weight excluding hydrogens is 349 g/mol. The van der Waals surface area contributed by atoms with Crippen LogP contribution < -0.4 is 16.2 Å². The number of anilines is 1. The molecule has 2 aromatic heterocycles. The predicted octanol–water partition coefficient (Wildman–Crippen LogP) is 2.28. The maximum absolute atomic E-state index is 12.5. The van der Waals surface area contributed by atoms with Crippen LogP contribution in [-0.2, 0) is 6.18 Å². The molecule has 6 nitrogen and oxygen atoms in total. The molecule has 24 heavy (non-hydrogen) atoms. The summed E-state index contributed by atoms with van der Waals surface area (Å²) in [6.45, 7) is 0.279. The fourth-order valence-corrected chi connectivity index (χ4v) is 2.01. The van der Waals surface area contributed by atoms with Crippen molar-refractivity contribution >= 4 is 23.3 Å². The van der Waals surface area contributed by atoms with E-state index < -0.39 is 23.2 Å². The van der Waals surface area contributed by atoms with Crippen molar-refractivity contribution in [1.29, 1.82) is 0 Å². The van der Waals surface area contributed by atoms with Gasteiger partial charge in [0, 0.05) is 25.5 Å². The second-order valence-electron chi connectivity index (χ2n) is 4.65. The lowest BCUT2D eigenvalue weighted by Crippen LogP contribution is -2.32. The van der Waals surface area contributed by atoms with Gasteiger partial charge in [0.25, 0.3) is 11.5 Å². The van der Waals surface area contributed by atoms with Crippen molar-refractivity contribution in [2.24, 2.45) is 0 Å². The first-order chi connectivity index (χ1) is 11.3. The van der Waals surface area contributed by atoms with Gasteiger partial charge in [0.05, 0.1) is 10.6 Å². The van der Waals surface area contributed by atoms with Crippen LogP contribution in [-0.4, -0.2) is 29.0 Å². The Morgan fingerprint density at radius 3 is 2.71 bits per heavy atom. The Balaban J connectivity index is 1.88. The number of nitrogens with zero attached hydrogens (tertiary/aromatic N) is 1. The lowest BCUT2D eigenvalue weighted by Gasteiger charge is -2.11. The van der Waals surface area contributed by atoms with Gasteiger partial charge in [-0.2, -0.15) is 13.2 Å². The Hall–Kier alpha value is -2.55. The van der Waals surface area contributed by atoms with Crippen LogP contribution in [0.2, 0.25) is 5.02 Å². The molecular formula is C14H12ClF3N4O2. The third-order valence-corrected chi connectivity index (χ3v) is 3.22. The van der Waals surface area contributed by atoms with E-state index in [1.54, 1.807) is 0 Å². The lowest BCUT2D eigenvalue weighted by molar-refractivity contribution is -0.137. The van der Waals surface area contributed by atoms with Gasteiger partial charge in [-0.05, 0) is 18.2 Å². The van der Waals surface area contributed by atoms with Crippen molar-refractivity contribution in [2.45, 2.75) is 6.18 Å². The first kappa shape index (κ1) is 17.8. The van der Waals surface area contributed by atoms with Gasteiger partial charge in [-0.15, -0.1) is 0 Å². The standard InChI is InChI=1S/C14H12ClF3N4O2/c15-10-6-8(14(16,17)18)7-22-11(10)19-4-5-21-13(24)9-2-1-3-20-12(9)23/h1-3,6-7H,4-5H2,(H,19,22)(H,20,23)(H,21,24). The van der Waals surface area contributed by atoms with Crippen molar-refractivity contribution in [3.05, 3.63) is 57.1 Å². The van der Waals surface area contributed by atoms with Gasteiger partial charge in [-0.3, -0.25) is 9.59 Å². The number of halogens is 4. The molecule has 0 spiro atoms. The van der Waals surface area contributed by atoms with E-state index in [1.165, 1.54) is 18.3 Å². The minimum Gasteiger partial charge on any atom is -0.367 e. The Morgan fingerprint density at radius 1 is 1.33 bits per heavy atom. The number of hydrogen-bond acceptors (Lipinski definition) is 4. The molecule has 0 atom stereocenters. The first-order valence-electron chi connectivity index (χ1n) is 6.71. The molecule has 0 bridgehead atoms. The molecule has 2 rings (SSSR count). The summed E-state index contributed by atoms with van der Waals surface area (Å²) in [5, 5.41) is 5.01. The summed E-state index contributed by atoms with van der Waals surface area (Å²) in [5.74, 6) is -0.499. The van der Waals surface area contributed by atoms with E-state index >= 15 is 0 Å². The van der Waals surface area contributed by atoms with Gasteiger partial charge in [0.1, 0.15) is 11.4 Å². The highest BCUT2D eigenvalue weighted by Gasteiger charge is 2.31. The Labute approximate surface area is 139 Å². The molecule has 0 aromatic carbocycles. The second kappa shape index (κ2) is 7.35. The van der Waals surface area contributed by atoms with E-state index in [9.17, 15) is 22.8 Å². The summed E-state index contributed by atoms with van der Waals surface area (Å²) < 4.78 is 37.5. The van der Waals surface area contributed by atoms with Gasteiger partial charge in [-0.1, -0.05) is 11.6 Å². The number of aromatic nitrogens is 2. The molecule has 0 aliphatic heterocycles. The quantitative estimate of drug-likeness (QED) is 0.714. The topological polar surface area (TPSA) is 86.9 Å². The van der Waals surface area contributed by atoms with Crippen molar-refractivity contribution < 1.29 is 18.0 Å². The summed E-state index contributed by atoms with van der Waals surface area (Å²) in [5.41, 5.74) is -1.51. The minimum absolute atomic E-state index is 0.0387. The van der Waals surface area contributed by atoms with Gasteiger partial charge >= 0.3 is 6.18 Å². The van der Waals surface area contributed by atoms with E-state index in [0.717, 1.165) is 6.07 Å². The van der Waals surface area contributed by atoms with E-state index in [-0.39, 0.29) is 29.5 Å². The number of aromatic amines is 1. The number of H-pyrrole nitrogens is 1. The van der Waals surface area contributed by atoms with Crippen LogP contribution in [0.15, 0.2) is 35.4 Å². The van der Waals surface area contributed by atoms with Gasteiger partial charge < -0.3 is 15.6 Å². The number of alkyl halides is 3. The molecule has 1 amide bonds. The fourth-order valence-electron chi connectivity index (χ4n) is 1.78. The van der Waals surface area contributed by atoms with E-state index in [1.807, 2.05) is 0 Å². The number of rotatable bonds is 5. The summed E-state index contributed by atoms with van der Waals surface area (Å²) in [6, 6.07) is 3.65. The molecule has 3 N–H and O–H groups in total. The smallest absolute Gasteiger partial charge is 0.367 e. The van der Waals surface area contributed by atoms with Crippen molar-refractivity contribution in [2.75, 3.05) is 18.4 Å². The summed E-state index contributed by atoms with van der Waals surface area (Å²) >= 11 is 5.74. The lowest BCUT2D eigenvalue weighted by atomic mass is 10.2. The van der Waals surface area contributed by atoms with Crippen LogP contribution in [0.5, 0.6) is 0 Å². The highest BCUT2D eigenvalue weighted by Crippen LogP contribution is 2.32. The molecule has 0 aliphatic rings. The third-order valence-electron chi connectivity index (χ3n) is 2.93. The van der Waals surface area contributed by atoms with Crippen molar-refractivity contribution in [3.8, 4) is 0 Å². The molecule has 2 aromatic rings. The maximum atomic E-state index is 12.5. The molecule has 0 aliphatic carbocycles. The van der Waals surface area contributed by atoms with Crippen molar-refractivity contribution in [1.82, 2.24) is 15.3 Å². The fraction of sp³-hybridized carbons (Fsp3) is 0.214. The molecule has 0 saturated heterocycles. The number of carbonyl (C=O) groups is 1. The zero-order chi connectivity index (χ0) is 17.7. The predicted molar refractivity (Wildman–Crippen MR) is 82.1 cm³/mol. The number of nitrogens with one attached hydrogen (secondary N) is 3. The molecule has 2 heterocycles. The third kappa shape index (κ3) is 4.48. The largest absolute Gasteiger partial charge is 0.417 e. The summed E-state index contributed by atoms with van der Waals surface area (Å²) in [4.78, 5) is 29.2. The van der Waals surface area contributed by atoms with Gasteiger partial charge in [0.2, 0.25) is 0 Å². The second-order valence-corrected chi connectivity index (χ2v) is 5.05. The Morgan fingerprint density at radius 2 is 2.08 bits per heavy atom. The van der Waals surface area contributed by atoms with Gasteiger partial charge in [-0.25, -0.2) is 4.98 Å². The normalized spacial score (nSPS) is 11.2. The van der Waals surface area contributed by atoms with E-state index in [4.69, 9.17) is 11.6 Å². The minimum atomic E-state index is -4.52. The van der Waals surface area contributed by atoms with Crippen LogP contribution in [0.4, 0.5) is 19.0 Å². The average Bonchev–Trinajstić information content (AvgIpc) is 2.52. The van der Waals surface area contributed by atoms with Crippen LogP contribution in [0.3, 0.4) is 0 Å². The van der Waals surface area contributed by atoms with Crippen LogP contribution in [0, 0.1) is 0 Å². The number of hydrogen-bond donors (Lipinski definition) is 3. The van der Waals surface area contributed by atoms with E-state index in [0.29, 0.717) is 6.20 Å². The number of amides is 1. The first-order valence-corrected chi connectivity index (χ1v) is 7.09. The molecule has 0 unspecified atom stereocenters. The highest BCUT2D eigenvalue weighted by molar-refractivity contribution is 6.32. The SMILES string of the molecule is O=C(NCCNc1ncc(C(F)(F)F)cc1Cl)c1ccc[nH]c1=O. The van der Waals surface area contributed by atoms with Crippen LogP contribution in [0.1, 0.15) is 15.9 Å². The summed E-state index contributed by atoms with van der Waals surface area (Å²) in [7, 11) is 0.